The van der Waals surface area contributed by atoms with Crippen molar-refractivity contribution in [3.05, 3.63) is 15.8 Å². The van der Waals surface area contributed by atoms with Gasteiger partial charge in [-0.15, -0.1) is 0 Å². The van der Waals surface area contributed by atoms with E-state index in [2.05, 4.69) is 5.32 Å². The third-order valence-corrected chi connectivity index (χ3v) is 1.55. The standard InChI is InChI=1S/C5H9N5O3/c1-8-3-2(6)5(11)10(13)9(12)4(3)7/h7-8,12-13H,6H2,1H3. The van der Waals surface area contributed by atoms with Crippen LogP contribution in [0.25, 0.3) is 0 Å². The first-order chi connectivity index (χ1) is 6.00. The molecular weight excluding hydrogens is 178 g/mol. The van der Waals surface area contributed by atoms with E-state index in [0.717, 1.165) is 0 Å². The van der Waals surface area contributed by atoms with Gasteiger partial charge in [-0.3, -0.25) is 10.2 Å². The van der Waals surface area contributed by atoms with Crippen molar-refractivity contribution in [2.45, 2.75) is 0 Å². The molecule has 0 aromatic carbocycles. The Hall–Kier alpha value is -2.12. The maximum Gasteiger partial charge on any atom is 0.329 e. The van der Waals surface area contributed by atoms with Gasteiger partial charge in [-0.2, -0.15) is 0 Å². The molecule has 0 saturated heterocycles. The summed E-state index contributed by atoms with van der Waals surface area (Å²) in [5, 5.41) is 27.5. The van der Waals surface area contributed by atoms with Crippen molar-refractivity contribution < 1.29 is 10.4 Å². The van der Waals surface area contributed by atoms with Gasteiger partial charge < -0.3 is 21.5 Å². The number of nitrogens with one attached hydrogen (secondary N) is 2. The molecule has 0 aliphatic rings. The molecule has 8 heteroatoms. The van der Waals surface area contributed by atoms with Crippen LogP contribution < -0.4 is 22.1 Å². The SMILES string of the molecule is CNc1c(N)c(=O)n(O)n(O)c1=N. The van der Waals surface area contributed by atoms with E-state index in [1.165, 1.54) is 7.05 Å². The Balaban J connectivity index is 3.78. The summed E-state index contributed by atoms with van der Waals surface area (Å²) < 4.78 is 0. The zero-order valence-corrected chi connectivity index (χ0v) is 6.77. The van der Waals surface area contributed by atoms with Crippen LogP contribution in [0.15, 0.2) is 4.79 Å². The summed E-state index contributed by atoms with van der Waals surface area (Å²) in [7, 11) is 1.44. The molecule has 1 aromatic rings. The summed E-state index contributed by atoms with van der Waals surface area (Å²) >= 11 is 0. The second-order valence-corrected chi connectivity index (χ2v) is 2.27. The van der Waals surface area contributed by atoms with Gasteiger partial charge in [-0.05, 0) is 4.85 Å². The predicted octanol–water partition coefficient (Wildman–Crippen LogP) is -1.77. The second kappa shape index (κ2) is 2.73. The summed E-state index contributed by atoms with van der Waals surface area (Å²) in [6.07, 6.45) is 0. The van der Waals surface area contributed by atoms with E-state index in [1.807, 2.05) is 0 Å². The Bertz CT molecular complexity index is 445. The number of aromatic nitrogens is 2. The Kier molecular flexibility index (Phi) is 1.89. The molecule has 13 heavy (non-hydrogen) atoms. The van der Waals surface area contributed by atoms with Crippen LogP contribution in [-0.2, 0) is 0 Å². The third-order valence-electron chi connectivity index (χ3n) is 1.55. The maximum absolute atomic E-state index is 11.0. The number of anilines is 2. The Morgan fingerprint density at radius 3 is 2.46 bits per heavy atom. The molecule has 8 nitrogen and oxygen atoms in total. The molecule has 0 aliphatic heterocycles. The smallest absolute Gasteiger partial charge is 0.329 e. The van der Waals surface area contributed by atoms with E-state index in [1.54, 1.807) is 0 Å². The molecule has 72 valence electrons. The lowest BCUT2D eigenvalue weighted by molar-refractivity contribution is -0.0298. The summed E-state index contributed by atoms with van der Waals surface area (Å²) in [4.78, 5) is 10.8. The maximum atomic E-state index is 11.0. The molecule has 0 unspecified atom stereocenters. The van der Waals surface area contributed by atoms with Gasteiger partial charge in [0.2, 0.25) is 5.49 Å². The van der Waals surface area contributed by atoms with Gasteiger partial charge in [0.15, 0.2) is 0 Å². The Morgan fingerprint density at radius 2 is 2.00 bits per heavy atom. The lowest BCUT2D eigenvalue weighted by atomic mass is 10.4. The van der Waals surface area contributed by atoms with Gasteiger partial charge in [0.05, 0.1) is 0 Å². The minimum absolute atomic E-state index is 0.0233. The second-order valence-electron chi connectivity index (χ2n) is 2.27. The molecule has 0 fully saturated rings. The van der Waals surface area contributed by atoms with Crippen LogP contribution in [0.3, 0.4) is 0 Å². The van der Waals surface area contributed by atoms with Crippen molar-refractivity contribution >= 4 is 11.4 Å². The molecule has 0 radical (unpaired) electrons. The van der Waals surface area contributed by atoms with Crippen molar-refractivity contribution in [3.8, 4) is 0 Å². The van der Waals surface area contributed by atoms with E-state index < -0.39 is 11.0 Å². The lowest BCUT2D eigenvalue weighted by Gasteiger charge is -2.08. The van der Waals surface area contributed by atoms with Crippen LogP contribution in [0.1, 0.15) is 0 Å². The molecule has 1 rings (SSSR count). The summed E-state index contributed by atoms with van der Waals surface area (Å²) in [6.45, 7) is 0. The molecule has 0 atom stereocenters. The van der Waals surface area contributed by atoms with Gasteiger partial charge in [0.25, 0.3) is 0 Å². The van der Waals surface area contributed by atoms with Gasteiger partial charge in [-0.1, -0.05) is 4.85 Å². The zero-order valence-electron chi connectivity index (χ0n) is 6.77. The average molecular weight is 187 g/mol. The zero-order chi connectivity index (χ0) is 10.2. The van der Waals surface area contributed by atoms with Gasteiger partial charge in [-0.25, -0.2) is 0 Å². The molecular formula is C5H9N5O3. The number of nitrogens with two attached hydrogens (primary N) is 1. The van der Waals surface area contributed by atoms with Crippen molar-refractivity contribution in [1.82, 2.24) is 9.69 Å². The fourth-order valence-corrected chi connectivity index (χ4v) is 0.876. The van der Waals surface area contributed by atoms with Crippen LogP contribution in [0, 0.1) is 5.41 Å². The number of hydrogen-bond donors (Lipinski definition) is 5. The Morgan fingerprint density at radius 1 is 1.46 bits per heavy atom. The highest BCUT2D eigenvalue weighted by atomic mass is 16.6. The molecule has 0 spiro atoms. The van der Waals surface area contributed by atoms with Crippen molar-refractivity contribution in [2.24, 2.45) is 0 Å². The number of nitrogen functional groups attached to an aromatic ring is 1. The van der Waals surface area contributed by atoms with Crippen LogP contribution in [-0.4, -0.2) is 27.2 Å². The molecule has 0 aliphatic carbocycles. The molecule has 1 aromatic heterocycles. The average Bonchev–Trinajstić information content (AvgIpc) is 2.13. The van der Waals surface area contributed by atoms with Crippen LogP contribution in [0.5, 0.6) is 0 Å². The molecule has 0 amide bonds. The summed E-state index contributed by atoms with van der Waals surface area (Å²) in [6, 6.07) is 0. The van der Waals surface area contributed by atoms with Crippen LogP contribution >= 0.6 is 0 Å². The molecule has 1 heterocycles. The lowest BCUT2D eigenvalue weighted by Crippen LogP contribution is -2.39. The van der Waals surface area contributed by atoms with Crippen molar-refractivity contribution in [3.63, 3.8) is 0 Å². The molecule has 0 bridgehead atoms. The highest BCUT2D eigenvalue weighted by Gasteiger charge is 2.11. The third kappa shape index (κ3) is 1.08. The summed E-state index contributed by atoms with van der Waals surface area (Å²) in [5.74, 6) is 0. The van der Waals surface area contributed by atoms with Gasteiger partial charge >= 0.3 is 5.56 Å². The molecule has 6 N–H and O–H groups in total. The van der Waals surface area contributed by atoms with E-state index in [0.29, 0.717) is 0 Å². The van der Waals surface area contributed by atoms with Crippen molar-refractivity contribution in [1.29, 1.82) is 5.41 Å². The van der Waals surface area contributed by atoms with Crippen LogP contribution in [0.4, 0.5) is 11.4 Å². The number of nitrogens with zero attached hydrogens (tertiary/aromatic N) is 2. The minimum atomic E-state index is -0.997. The quantitative estimate of drug-likeness (QED) is 0.332. The normalized spacial score (nSPS) is 9.92. The fraction of sp³-hybridized carbons (Fsp3) is 0.200. The van der Waals surface area contributed by atoms with Crippen LogP contribution in [0.2, 0.25) is 0 Å². The summed E-state index contributed by atoms with van der Waals surface area (Å²) in [5.41, 5.74) is 3.38. The van der Waals surface area contributed by atoms with E-state index in [9.17, 15) is 4.79 Å². The Labute approximate surface area is 71.9 Å². The monoisotopic (exact) mass is 187 g/mol. The topological polar surface area (TPSA) is 129 Å². The first-order valence-electron chi connectivity index (χ1n) is 3.29. The minimum Gasteiger partial charge on any atom is -0.409 e. The number of rotatable bonds is 1. The largest absolute Gasteiger partial charge is 0.409 e. The molecule has 0 saturated carbocycles. The van der Waals surface area contributed by atoms with Crippen molar-refractivity contribution in [2.75, 3.05) is 18.1 Å². The van der Waals surface area contributed by atoms with E-state index >= 15 is 0 Å². The van der Waals surface area contributed by atoms with Gasteiger partial charge in [0, 0.05) is 7.05 Å². The highest BCUT2D eigenvalue weighted by Crippen LogP contribution is 2.03. The highest BCUT2D eigenvalue weighted by molar-refractivity contribution is 5.62. The predicted molar refractivity (Wildman–Crippen MR) is 42.9 cm³/mol. The van der Waals surface area contributed by atoms with E-state index in [4.69, 9.17) is 21.6 Å². The van der Waals surface area contributed by atoms with Gasteiger partial charge in [0.1, 0.15) is 11.4 Å². The van der Waals surface area contributed by atoms with E-state index in [-0.39, 0.29) is 21.1 Å². The first kappa shape index (κ1) is 8.97. The number of hydrogen-bond acceptors (Lipinski definition) is 6. The fourth-order valence-electron chi connectivity index (χ4n) is 0.876. The first-order valence-corrected chi connectivity index (χ1v) is 3.29.